The standard InChI is InChI=1S/C29H35NO2/c1-19-16-21(5-4-20(19)10-15-30-3)25-6-7-26-27(25,2)11-8-22-17-23-18-24(31)9-12-28(23)13-14-29(22,26)32-28/h4-5,10,15-18,24-26,31H,3,6-9,11-14H2,1-2H3/b15-10-/t24-,25-,26-,27-,28+,29-/m1/s1. The fraction of sp³-hybridized carbons (Fsp3) is 0.552. The zero-order valence-electron chi connectivity index (χ0n) is 19.4. The van der Waals surface area contributed by atoms with Crippen LogP contribution in [0.2, 0.25) is 0 Å². The Balaban J connectivity index is 1.36. The van der Waals surface area contributed by atoms with E-state index in [9.17, 15) is 5.11 Å². The molecule has 3 fully saturated rings. The Hall–Kier alpha value is -1.97. The molecular weight excluding hydrogens is 394 g/mol. The summed E-state index contributed by atoms with van der Waals surface area (Å²) in [7, 11) is 0. The number of hydrogen-bond acceptors (Lipinski definition) is 3. The molecular formula is C29H35NO2. The average Bonchev–Trinajstić information content (AvgIpc) is 3.29. The highest BCUT2D eigenvalue weighted by atomic mass is 16.5. The molecule has 168 valence electrons. The van der Waals surface area contributed by atoms with Crippen LogP contribution in [0, 0.1) is 18.3 Å². The van der Waals surface area contributed by atoms with Gasteiger partial charge in [0.2, 0.25) is 0 Å². The summed E-state index contributed by atoms with van der Waals surface area (Å²) in [6, 6.07) is 7.01. The van der Waals surface area contributed by atoms with Gasteiger partial charge in [-0.25, -0.2) is 0 Å². The number of ether oxygens (including phenoxy) is 1. The van der Waals surface area contributed by atoms with E-state index in [0.717, 1.165) is 32.1 Å². The fourth-order valence-electron chi connectivity index (χ4n) is 8.19. The SMILES string of the molecule is C=N/C=C\c1ccc([C@H]2CC[C@@H]3[C@]2(C)CCC2=CC4=C[C@H](O)CC[C@]45CC[C@@]23O5)cc1C. The first kappa shape index (κ1) is 20.6. The molecule has 32 heavy (non-hydrogen) atoms. The van der Waals surface area contributed by atoms with Gasteiger partial charge in [0, 0.05) is 6.20 Å². The van der Waals surface area contributed by atoms with Gasteiger partial charge >= 0.3 is 0 Å². The van der Waals surface area contributed by atoms with Crippen LogP contribution in [0.25, 0.3) is 6.08 Å². The van der Waals surface area contributed by atoms with Crippen molar-refractivity contribution < 1.29 is 9.84 Å². The van der Waals surface area contributed by atoms with E-state index in [1.165, 1.54) is 47.1 Å². The summed E-state index contributed by atoms with van der Waals surface area (Å²) in [5.74, 6) is 1.17. The van der Waals surface area contributed by atoms with Crippen LogP contribution in [-0.2, 0) is 4.74 Å². The minimum atomic E-state index is -0.308. The van der Waals surface area contributed by atoms with E-state index in [0.29, 0.717) is 11.8 Å². The number of aliphatic hydroxyl groups is 1. The number of rotatable bonds is 3. The second-order valence-corrected chi connectivity index (χ2v) is 11.2. The minimum absolute atomic E-state index is 0.0747. The Labute approximate surface area is 192 Å². The lowest BCUT2D eigenvalue weighted by molar-refractivity contribution is -0.142. The lowest BCUT2D eigenvalue weighted by Crippen LogP contribution is -2.54. The van der Waals surface area contributed by atoms with Gasteiger partial charge in [0.15, 0.2) is 0 Å². The average molecular weight is 430 g/mol. The summed E-state index contributed by atoms with van der Waals surface area (Å²) in [6.45, 7) is 8.31. The maximum Gasteiger partial charge on any atom is 0.0943 e. The van der Waals surface area contributed by atoms with Crippen LogP contribution in [0.1, 0.15) is 80.9 Å². The first-order chi connectivity index (χ1) is 15.4. The van der Waals surface area contributed by atoms with E-state index in [4.69, 9.17) is 4.74 Å². The molecule has 3 aliphatic carbocycles. The third-order valence-corrected chi connectivity index (χ3v) is 9.78. The number of hydrogen-bond donors (Lipinski definition) is 1. The second-order valence-electron chi connectivity index (χ2n) is 11.2. The van der Waals surface area contributed by atoms with Crippen LogP contribution < -0.4 is 0 Å². The van der Waals surface area contributed by atoms with Crippen molar-refractivity contribution in [2.45, 2.75) is 88.4 Å². The molecule has 2 saturated carbocycles. The maximum absolute atomic E-state index is 10.2. The van der Waals surface area contributed by atoms with Gasteiger partial charge in [-0.1, -0.05) is 37.3 Å². The van der Waals surface area contributed by atoms with E-state index < -0.39 is 0 Å². The molecule has 0 amide bonds. The van der Waals surface area contributed by atoms with Gasteiger partial charge in [0.1, 0.15) is 0 Å². The molecule has 3 heteroatoms. The Kier molecular flexibility index (Phi) is 4.52. The Morgan fingerprint density at radius 1 is 1.16 bits per heavy atom. The largest absolute Gasteiger partial charge is 0.389 e. The van der Waals surface area contributed by atoms with Gasteiger partial charge in [0.05, 0.1) is 17.3 Å². The molecule has 6 rings (SSSR count). The number of aryl methyl sites for hydroxylation is 1. The molecule has 1 N–H and O–H groups in total. The summed E-state index contributed by atoms with van der Waals surface area (Å²) in [5, 5.41) is 10.2. The number of aliphatic hydroxyl groups excluding tert-OH is 1. The quantitative estimate of drug-likeness (QED) is 0.576. The summed E-state index contributed by atoms with van der Waals surface area (Å²) in [5.41, 5.74) is 6.87. The van der Waals surface area contributed by atoms with Gasteiger partial charge in [-0.2, -0.15) is 0 Å². The Bertz CT molecular complexity index is 1070. The van der Waals surface area contributed by atoms with Crippen molar-refractivity contribution in [1.29, 1.82) is 0 Å². The molecule has 1 aromatic carbocycles. The van der Waals surface area contributed by atoms with Crippen molar-refractivity contribution in [3.05, 3.63) is 64.4 Å². The fourth-order valence-corrected chi connectivity index (χ4v) is 8.19. The molecule has 2 spiro atoms. The Morgan fingerprint density at radius 2 is 2.03 bits per heavy atom. The molecule has 1 aromatic rings. The highest BCUT2D eigenvalue weighted by Crippen LogP contribution is 2.70. The second kappa shape index (κ2) is 7.01. The zero-order chi connectivity index (χ0) is 22.1. The first-order valence-corrected chi connectivity index (χ1v) is 12.4. The lowest BCUT2D eigenvalue weighted by Gasteiger charge is -2.55. The molecule has 3 nitrogen and oxygen atoms in total. The molecule has 2 aliphatic heterocycles. The number of nitrogens with zero attached hydrogens (tertiary/aromatic N) is 1. The van der Waals surface area contributed by atoms with Crippen LogP contribution in [0.15, 0.2) is 52.7 Å². The topological polar surface area (TPSA) is 41.8 Å². The summed E-state index contributed by atoms with van der Waals surface area (Å²) in [4.78, 5) is 3.86. The number of fused-ring (bicyclic) bond motifs is 1. The predicted octanol–water partition coefficient (Wildman–Crippen LogP) is 6.27. The van der Waals surface area contributed by atoms with Crippen molar-refractivity contribution >= 4 is 12.8 Å². The smallest absolute Gasteiger partial charge is 0.0943 e. The van der Waals surface area contributed by atoms with Crippen LogP contribution in [0.4, 0.5) is 0 Å². The van der Waals surface area contributed by atoms with E-state index in [2.05, 4.69) is 55.9 Å². The lowest BCUT2D eigenvalue weighted by atomic mass is 9.56. The van der Waals surface area contributed by atoms with Crippen molar-refractivity contribution in [2.75, 3.05) is 0 Å². The molecule has 0 unspecified atom stereocenters. The Morgan fingerprint density at radius 3 is 2.84 bits per heavy atom. The van der Waals surface area contributed by atoms with Crippen LogP contribution in [-0.4, -0.2) is 29.1 Å². The predicted molar refractivity (Wildman–Crippen MR) is 130 cm³/mol. The van der Waals surface area contributed by atoms with Crippen molar-refractivity contribution in [1.82, 2.24) is 0 Å². The van der Waals surface area contributed by atoms with Gasteiger partial charge in [-0.05, 0) is 116 Å². The molecule has 2 bridgehead atoms. The van der Waals surface area contributed by atoms with Crippen molar-refractivity contribution in [3.8, 4) is 0 Å². The van der Waals surface area contributed by atoms with Gasteiger partial charge < -0.3 is 9.84 Å². The summed E-state index contributed by atoms with van der Waals surface area (Å²) >= 11 is 0. The highest BCUT2D eigenvalue weighted by molar-refractivity contribution is 5.55. The van der Waals surface area contributed by atoms with E-state index >= 15 is 0 Å². The highest BCUT2D eigenvalue weighted by Gasteiger charge is 2.66. The van der Waals surface area contributed by atoms with Gasteiger partial charge in [-0.15, -0.1) is 0 Å². The van der Waals surface area contributed by atoms with Crippen LogP contribution in [0.3, 0.4) is 0 Å². The molecule has 6 atom stereocenters. The summed E-state index contributed by atoms with van der Waals surface area (Å²) in [6.07, 6.45) is 16.9. The van der Waals surface area contributed by atoms with E-state index in [-0.39, 0.29) is 22.7 Å². The van der Waals surface area contributed by atoms with Crippen molar-refractivity contribution in [2.24, 2.45) is 16.3 Å². The third-order valence-electron chi connectivity index (χ3n) is 9.78. The molecule has 5 aliphatic rings. The third kappa shape index (κ3) is 2.70. The van der Waals surface area contributed by atoms with Crippen LogP contribution >= 0.6 is 0 Å². The van der Waals surface area contributed by atoms with E-state index in [1.807, 2.05) is 6.08 Å². The number of benzene rings is 1. The first-order valence-electron chi connectivity index (χ1n) is 12.4. The van der Waals surface area contributed by atoms with Crippen LogP contribution in [0.5, 0.6) is 0 Å². The monoisotopic (exact) mass is 429 g/mol. The normalized spacial score (nSPS) is 42.2. The van der Waals surface area contributed by atoms with Crippen molar-refractivity contribution in [3.63, 3.8) is 0 Å². The molecule has 0 radical (unpaired) electrons. The number of aliphatic imine (C=N–C) groups is 1. The zero-order valence-corrected chi connectivity index (χ0v) is 19.4. The van der Waals surface area contributed by atoms with Gasteiger partial charge in [-0.3, -0.25) is 4.99 Å². The maximum atomic E-state index is 10.2. The molecule has 1 saturated heterocycles. The molecule has 2 heterocycles. The van der Waals surface area contributed by atoms with Gasteiger partial charge in [0.25, 0.3) is 0 Å². The minimum Gasteiger partial charge on any atom is -0.389 e. The van der Waals surface area contributed by atoms with E-state index in [1.54, 1.807) is 6.20 Å². The molecule has 0 aromatic heterocycles. The summed E-state index contributed by atoms with van der Waals surface area (Å²) < 4.78 is 7.21.